The second-order valence-electron chi connectivity index (χ2n) is 6.45. The molecule has 134 valence electrons. The number of aliphatic hydroxyl groups excluding tert-OH is 1. The van der Waals surface area contributed by atoms with E-state index in [9.17, 15) is 9.90 Å². The van der Waals surface area contributed by atoms with Crippen LogP contribution in [0, 0.1) is 0 Å². The molecule has 1 amide bonds. The predicted molar refractivity (Wildman–Crippen MR) is 95.1 cm³/mol. The van der Waals surface area contributed by atoms with Gasteiger partial charge in [-0.1, -0.05) is 30.3 Å². The van der Waals surface area contributed by atoms with Crippen LogP contribution in [0.25, 0.3) is 11.3 Å². The lowest BCUT2D eigenvalue weighted by molar-refractivity contribution is 0.0883. The number of nitrogens with one attached hydrogen (secondary N) is 3. The Morgan fingerprint density at radius 2 is 2.04 bits per heavy atom. The highest BCUT2D eigenvalue weighted by Gasteiger charge is 2.33. The first-order chi connectivity index (χ1) is 12.7. The van der Waals surface area contributed by atoms with Gasteiger partial charge in [0.1, 0.15) is 5.69 Å². The number of nitrogens with zero attached hydrogens (tertiary/aromatic N) is 3. The molecule has 8 nitrogen and oxygen atoms in total. The lowest BCUT2D eigenvalue weighted by Gasteiger charge is -2.16. The molecule has 26 heavy (non-hydrogen) atoms. The van der Waals surface area contributed by atoms with E-state index in [4.69, 9.17) is 0 Å². The van der Waals surface area contributed by atoms with Gasteiger partial charge in [0, 0.05) is 31.4 Å². The molecule has 8 heteroatoms. The number of carbonyl (C=O) groups is 1. The van der Waals surface area contributed by atoms with E-state index in [1.165, 1.54) is 6.20 Å². The quantitative estimate of drug-likeness (QED) is 0.542. The van der Waals surface area contributed by atoms with E-state index in [1.807, 2.05) is 36.5 Å². The van der Waals surface area contributed by atoms with E-state index in [1.54, 1.807) is 6.07 Å². The van der Waals surface area contributed by atoms with Gasteiger partial charge in [-0.15, -0.1) is 0 Å². The summed E-state index contributed by atoms with van der Waals surface area (Å²) in [4.78, 5) is 14.3. The number of aliphatic hydroxyl groups is 1. The number of rotatable bonds is 5. The van der Waals surface area contributed by atoms with E-state index >= 15 is 0 Å². The van der Waals surface area contributed by atoms with Gasteiger partial charge in [-0.25, -0.2) is 0 Å². The Balaban J connectivity index is 1.41. The number of benzene rings is 1. The first kappa shape index (κ1) is 16.5. The lowest BCUT2D eigenvalue weighted by Crippen LogP contribution is -2.43. The van der Waals surface area contributed by atoms with E-state index < -0.39 is 6.10 Å². The van der Waals surface area contributed by atoms with Gasteiger partial charge in [0.15, 0.2) is 0 Å². The molecule has 0 spiro atoms. The zero-order chi connectivity index (χ0) is 17.9. The Kier molecular flexibility index (Phi) is 4.51. The van der Waals surface area contributed by atoms with Gasteiger partial charge in [0.05, 0.1) is 24.0 Å². The summed E-state index contributed by atoms with van der Waals surface area (Å²) in [6.45, 7) is 1.71. The molecule has 1 aliphatic heterocycles. The van der Waals surface area contributed by atoms with E-state index in [2.05, 4.69) is 30.6 Å². The maximum absolute atomic E-state index is 12.1. The van der Waals surface area contributed by atoms with Crippen LogP contribution in [0.4, 0.5) is 0 Å². The molecule has 2 aromatic heterocycles. The molecule has 3 heterocycles. The molecule has 0 radical (unpaired) electrons. The van der Waals surface area contributed by atoms with Crippen LogP contribution in [-0.4, -0.2) is 61.5 Å². The zero-order valence-corrected chi connectivity index (χ0v) is 14.1. The Morgan fingerprint density at radius 1 is 1.19 bits per heavy atom. The number of amides is 1. The number of β-amino-alcohol motifs (C(OH)–C–C–N with tert-alkyl or cyclic N) is 1. The van der Waals surface area contributed by atoms with Gasteiger partial charge < -0.3 is 10.4 Å². The van der Waals surface area contributed by atoms with Gasteiger partial charge in [0.2, 0.25) is 0 Å². The van der Waals surface area contributed by atoms with Crippen LogP contribution in [0.1, 0.15) is 16.1 Å². The van der Waals surface area contributed by atoms with Crippen molar-refractivity contribution in [3.8, 4) is 11.3 Å². The summed E-state index contributed by atoms with van der Waals surface area (Å²) in [7, 11) is 0. The third-order valence-electron chi connectivity index (χ3n) is 4.60. The minimum Gasteiger partial charge on any atom is -0.390 e. The van der Waals surface area contributed by atoms with Crippen molar-refractivity contribution < 1.29 is 9.90 Å². The van der Waals surface area contributed by atoms with Crippen LogP contribution in [0.2, 0.25) is 0 Å². The maximum Gasteiger partial charge on any atom is 0.269 e. The molecule has 1 fully saturated rings. The second-order valence-corrected chi connectivity index (χ2v) is 6.45. The highest BCUT2D eigenvalue weighted by Crippen LogP contribution is 2.23. The first-order valence-corrected chi connectivity index (χ1v) is 8.49. The summed E-state index contributed by atoms with van der Waals surface area (Å²) < 4.78 is 0. The third kappa shape index (κ3) is 3.37. The van der Waals surface area contributed by atoms with Gasteiger partial charge in [-0.05, 0) is 11.6 Å². The van der Waals surface area contributed by atoms with Crippen molar-refractivity contribution in [1.29, 1.82) is 0 Å². The maximum atomic E-state index is 12.1. The van der Waals surface area contributed by atoms with Crippen LogP contribution in [0.5, 0.6) is 0 Å². The highest BCUT2D eigenvalue weighted by atomic mass is 16.3. The number of likely N-dealkylation sites (tertiary alicyclic amines) is 1. The monoisotopic (exact) mass is 352 g/mol. The molecule has 1 aliphatic rings. The molecule has 0 bridgehead atoms. The minimum atomic E-state index is -0.617. The van der Waals surface area contributed by atoms with Crippen molar-refractivity contribution in [2.24, 2.45) is 0 Å². The Bertz CT molecular complexity index is 861. The van der Waals surface area contributed by atoms with E-state index in [0.29, 0.717) is 25.3 Å². The van der Waals surface area contributed by atoms with Crippen molar-refractivity contribution in [3.05, 3.63) is 60.0 Å². The fourth-order valence-electron chi connectivity index (χ4n) is 3.29. The third-order valence-corrected chi connectivity index (χ3v) is 4.60. The standard InChI is InChI=1S/C18H20N6O2/c25-16-11-24(10-15(16)21-18(26)14-6-7-19-22-14)9-13-8-20-23-17(13)12-4-2-1-3-5-12/h1-8,15-16,25H,9-11H2,(H,19,22)(H,20,23)(H,21,26)/t15-,16-/m1/s1. The Morgan fingerprint density at radius 3 is 2.81 bits per heavy atom. The summed E-state index contributed by atoms with van der Waals surface area (Å²) >= 11 is 0. The molecule has 1 aromatic carbocycles. The minimum absolute atomic E-state index is 0.262. The molecular formula is C18H20N6O2. The van der Waals surface area contributed by atoms with Crippen molar-refractivity contribution in [2.75, 3.05) is 13.1 Å². The molecule has 1 saturated heterocycles. The summed E-state index contributed by atoms with van der Waals surface area (Å²) in [5.74, 6) is -0.262. The van der Waals surface area contributed by atoms with Crippen LogP contribution in [-0.2, 0) is 6.54 Å². The largest absolute Gasteiger partial charge is 0.390 e. The summed E-state index contributed by atoms with van der Waals surface area (Å²) in [6, 6.07) is 11.3. The molecule has 2 atom stereocenters. The van der Waals surface area contributed by atoms with Crippen LogP contribution >= 0.6 is 0 Å². The topological polar surface area (TPSA) is 110 Å². The summed E-state index contributed by atoms with van der Waals surface area (Å²) in [6.07, 6.45) is 2.72. The van der Waals surface area contributed by atoms with Crippen molar-refractivity contribution >= 4 is 5.91 Å². The Hall–Kier alpha value is -2.97. The number of hydrogen-bond acceptors (Lipinski definition) is 5. The second kappa shape index (κ2) is 7.11. The number of H-pyrrole nitrogens is 2. The molecule has 0 aliphatic carbocycles. The SMILES string of the molecule is O=C(N[C@@H]1CN(Cc2cn[nH]c2-c2ccccc2)C[C@H]1O)c1ccn[nH]1. The van der Waals surface area contributed by atoms with Crippen LogP contribution in [0.3, 0.4) is 0 Å². The molecule has 4 rings (SSSR count). The van der Waals surface area contributed by atoms with Gasteiger partial charge in [0.25, 0.3) is 5.91 Å². The molecule has 3 aromatic rings. The first-order valence-electron chi connectivity index (χ1n) is 8.49. The van der Waals surface area contributed by atoms with Crippen LogP contribution in [0.15, 0.2) is 48.8 Å². The summed E-state index contributed by atoms with van der Waals surface area (Å²) in [5.41, 5.74) is 3.50. The van der Waals surface area contributed by atoms with Crippen molar-refractivity contribution in [3.63, 3.8) is 0 Å². The number of hydrogen-bond donors (Lipinski definition) is 4. The van der Waals surface area contributed by atoms with Gasteiger partial charge in [-0.2, -0.15) is 10.2 Å². The normalized spacial score (nSPS) is 20.3. The molecular weight excluding hydrogens is 332 g/mol. The van der Waals surface area contributed by atoms with Crippen molar-refractivity contribution in [2.45, 2.75) is 18.7 Å². The molecule has 0 unspecified atom stereocenters. The lowest BCUT2D eigenvalue weighted by atomic mass is 10.1. The van der Waals surface area contributed by atoms with Crippen LogP contribution < -0.4 is 5.32 Å². The molecule has 4 N–H and O–H groups in total. The highest BCUT2D eigenvalue weighted by molar-refractivity contribution is 5.92. The van der Waals surface area contributed by atoms with E-state index in [0.717, 1.165) is 16.8 Å². The average Bonchev–Trinajstić information content (AvgIpc) is 3.38. The fraction of sp³-hybridized carbons (Fsp3) is 0.278. The fourth-order valence-corrected chi connectivity index (χ4v) is 3.29. The smallest absolute Gasteiger partial charge is 0.269 e. The number of carbonyl (C=O) groups excluding carboxylic acids is 1. The number of aromatic nitrogens is 4. The summed E-state index contributed by atoms with van der Waals surface area (Å²) in [5, 5.41) is 26.8. The predicted octanol–water partition coefficient (Wildman–Crippen LogP) is 0.775. The van der Waals surface area contributed by atoms with Gasteiger partial charge >= 0.3 is 0 Å². The molecule has 0 saturated carbocycles. The van der Waals surface area contributed by atoms with E-state index in [-0.39, 0.29) is 11.9 Å². The number of aromatic amines is 2. The van der Waals surface area contributed by atoms with Crippen molar-refractivity contribution in [1.82, 2.24) is 30.6 Å². The van der Waals surface area contributed by atoms with Gasteiger partial charge in [-0.3, -0.25) is 19.9 Å². The Labute approximate surface area is 150 Å². The zero-order valence-electron chi connectivity index (χ0n) is 14.1. The average molecular weight is 352 g/mol.